The molecule has 92 valence electrons. The molecular formula is C12H17N3O2. The Bertz CT molecular complexity index is 518. The summed E-state index contributed by atoms with van der Waals surface area (Å²) in [4.78, 5) is 8.16. The van der Waals surface area contributed by atoms with Gasteiger partial charge in [0.15, 0.2) is 5.65 Å². The van der Waals surface area contributed by atoms with E-state index in [0.29, 0.717) is 5.65 Å². The standard InChI is InChI=1S/C12H17N3O2/c1-3-9(4-2)15-10-5-8(7-16)6-13-11(10)14-12(15)17/h5-6,9,16H,3-4,7H2,1-2H3,(H,13,14,17). The van der Waals surface area contributed by atoms with Crippen molar-refractivity contribution in [3.05, 3.63) is 17.8 Å². The van der Waals surface area contributed by atoms with Crippen molar-refractivity contribution < 1.29 is 10.2 Å². The first kappa shape index (κ1) is 11.9. The topological polar surface area (TPSA) is 71.2 Å². The minimum atomic E-state index is -0.0577. The second-order valence-corrected chi connectivity index (χ2v) is 4.10. The lowest BCUT2D eigenvalue weighted by molar-refractivity contribution is 0.281. The third-order valence-electron chi connectivity index (χ3n) is 3.08. The maximum absolute atomic E-state index is 9.88. The van der Waals surface area contributed by atoms with Gasteiger partial charge in [0.25, 0.3) is 6.01 Å². The van der Waals surface area contributed by atoms with Gasteiger partial charge < -0.3 is 10.2 Å². The molecule has 0 amide bonds. The van der Waals surface area contributed by atoms with E-state index < -0.39 is 0 Å². The molecule has 0 atom stereocenters. The average molecular weight is 235 g/mol. The van der Waals surface area contributed by atoms with Crippen LogP contribution >= 0.6 is 0 Å². The van der Waals surface area contributed by atoms with Crippen LogP contribution in [-0.2, 0) is 6.61 Å². The first-order valence-corrected chi connectivity index (χ1v) is 5.87. The maximum atomic E-state index is 9.88. The number of hydrogen-bond acceptors (Lipinski definition) is 4. The van der Waals surface area contributed by atoms with Crippen LogP contribution in [0.25, 0.3) is 11.2 Å². The Balaban J connectivity index is 2.63. The van der Waals surface area contributed by atoms with Gasteiger partial charge in [-0.25, -0.2) is 4.98 Å². The number of aromatic hydroxyl groups is 1. The number of fused-ring (bicyclic) bond motifs is 1. The van der Waals surface area contributed by atoms with Crippen molar-refractivity contribution in [1.29, 1.82) is 0 Å². The van der Waals surface area contributed by atoms with Gasteiger partial charge in [-0.15, -0.1) is 0 Å². The Morgan fingerprint density at radius 1 is 1.35 bits per heavy atom. The summed E-state index contributed by atoms with van der Waals surface area (Å²) in [5, 5.41) is 19.0. The number of aromatic nitrogens is 3. The summed E-state index contributed by atoms with van der Waals surface area (Å²) in [7, 11) is 0. The highest BCUT2D eigenvalue weighted by atomic mass is 16.3. The van der Waals surface area contributed by atoms with Gasteiger partial charge in [0.05, 0.1) is 12.1 Å². The van der Waals surface area contributed by atoms with Crippen molar-refractivity contribution in [3.63, 3.8) is 0 Å². The largest absolute Gasteiger partial charge is 0.480 e. The van der Waals surface area contributed by atoms with Gasteiger partial charge in [-0.05, 0) is 24.5 Å². The summed E-state index contributed by atoms with van der Waals surface area (Å²) in [6.07, 6.45) is 3.41. The van der Waals surface area contributed by atoms with Gasteiger partial charge in [0, 0.05) is 12.2 Å². The van der Waals surface area contributed by atoms with Crippen LogP contribution in [0.1, 0.15) is 38.3 Å². The normalized spacial score (nSPS) is 11.5. The number of nitrogens with zero attached hydrogens (tertiary/aromatic N) is 3. The van der Waals surface area contributed by atoms with Gasteiger partial charge in [0.1, 0.15) is 0 Å². The predicted molar refractivity (Wildman–Crippen MR) is 64.7 cm³/mol. The van der Waals surface area contributed by atoms with Crippen LogP contribution in [-0.4, -0.2) is 24.7 Å². The minimum Gasteiger partial charge on any atom is -0.480 e. The molecule has 2 rings (SSSR count). The quantitative estimate of drug-likeness (QED) is 0.850. The number of aliphatic hydroxyl groups is 1. The molecule has 0 aliphatic carbocycles. The third-order valence-corrected chi connectivity index (χ3v) is 3.08. The van der Waals surface area contributed by atoms with Crippen molar-refractivity contribution in [3.8, 4) is 6.01 Å². The van der Waals surface area contributed by atoms with Crippen molar-refractivity contribution in [2.45, 2.75) is 39.3 Å². The molecule has 0 aliphatic heterocycles. The van der Waals surface area contributed by atoms with Crippen LogP contribution in [0.15, 0.2) is 12.3 Å². The molecule has 2 N–H and O–H groups in total. The highest BCUT2D eigenvalue weighted by Gasteiger charge is 2.17. The first-order valence-electron chi connectivity index (χ1n) is 5.87. The van der Waals surface area contributed by atoms with E-state index in [1.165, 1.54) is 0 Å². The molecule has 0 radical (unpaired) electrons. The molecule has 0 aromatic carbocycles. The molecule has 0 unspecified atom stereocenters. The molecule has 5 nitrogen and oxygen atoms in total. The lowest BCUT2D eigenvalue weighted by Crippen LogP contribution is -2.06. The molecular weight excluding hydrogens is 218 g/mol. The maximum Gasteiger partial charge on any atom is 0.296 e. The molecule has 2 aromatic rings. The zero-order valence-corrected chi connectivity index (χ0v) is 10.1. The van der Waals surface area contributed by atoms with Crippen LogP contribution in [0.2, 0.25) is 0 Å². The fraction of sp³-hybridized carbons (Fsp3) is 0.500. The fourth-order valence-electron chi connectivity index (χ4n) is 2.11. The highest BCUT2D eigenvalue weighted by molar-refractivity contribution is 5.73. The van der Waals surface area contributed by atoms with Crippen LogP contribution in [0.4, 0.5) is 0 Å². The van der Waals surface area contributed by atoms with E-state index in [0.717, 1.165) is 23.9 Å². The highest BCUT2D eigenvalue weighted by Crippen LogP contribution is 2.28. The number of hydrogen-bond donors (Lipinski definition) is 2. The summed E-state index contributed by atoms with van der Waals surface area (Å²) in [6.45, 7) is 4.09. The molecule has 0 saturated heterocycles. The van der Waals surface area contributed by atoms with Gasteiger partial charge in [-0.2, -0.15) is 4.98 Å². The average Bonchev–Trinajstić information content (AvgIpc) is 2.67. The predicted octanol–water partition coefficient (Wildman–Crippen LogP) is 1.99. The monoisotopic (exact) mass is 235 g/mol. The lowest BCUT2D eigenvalue weighted by atomic mass is 10.1. The Labute approximate surface area is 99.7 Å². The van der Waals surface area contributed by atoms with Gasteiger partial charge in [-0.1, -0.05) is 13.8 Å². The van der Waals surface area contributed by atoms with Crippen LogP contribution in [0.3, 0.4) is 0 Å². The summed E-state index contributed by atoms with van der Waals surface area (Å²) in [5.74, 6) is 0. The van der Waals surface area contributed by atoms with Gasteiger partial charge in [-0.3, -0.25) is 4.57 Å². The molecule has 0 spiro atoms. The van der Waals surface area contributed by atoms with Gasteiger partial charge in [0.2, 0.25) is 0 Å². The number of imidazole rings is 1. The Morgan fingerprint density at radius 2 is 2.06 bits per heavy atom. The second-order valence-electron chi connectivity index (χ2n) is 4.10. The van der Waals surface area contributed by atoms with Crippen molar-refractivity contribution in [2.24, 2.45) is 0 Å². The lowest BCUT2D eigenvalue weighted by Gasteiger charge is -2.16. The van der Waals surface area contributed by atoms with E-state index >= 15 is 0 Å². The summed E-state index contributed by atoms with van der Waals surface area (Å²) in [5.41, 5.74) is 2.03. The van der Waals surface area contributed by atoms with E-state index in [-0.39, 0.29) is 18.7 Å². The molecule has 2 aromatic heterocycles. The summed E-state index contributed by atoms with van der Waals surface area (Å²) >= 11 is 0. The van der Waals surface area contributed by atoms with E-state index in [4.69, 9.17) is 5.11 Å². The van der Waals surface area contributed by atoms with E-state index in [2.05, 4.69) is 23.8 Å². The molecule has 0 bridgehead atoms. The second kappa shape index (κ2) is 4.71. The van der Waals surface area contributed by atoms with Crippen molar-refractivity contribution in [1.82, 2.24) is 14.5 Å². The van der Waals surface area contributed by atoms with Gasteiger partial charge >= 0.3 is 0 Å². The summed E-state index contributed by atoms with van der Waals surface area (Å²) in [6, 6.07) is 2.03. The fourth-order valence-corrected chi connectivity index (χ4v) is 2.11. The SMILES string of the molecule is CCC(CC)n1c(O)nc2ncc(CO)cc21. The van der Waals surface area contributed by atoms with Crippen LogP contribution in [0, 0.1) is 0 Å². The van der Waals surface area contributed by atoms with Crippen LogP contribution < -0.4 is 0 Å². The molecule has 0 fully saturated rings. The Kier molecular flexibility index (Phi) is 3.28. The van der Waals surface area contributed by atoms with E-state index in [1.54, 1.807) is 10.8 Å². The van der Waals surface area contributed by atoms with E-state index in [9.17, 15) is 5.11 Å². The number of pyridine rings is 1. The minimum absolute atomic E-state index is 0.00344. The molecule has 0 aliphatic rings. The molecule has 17 heavy (non-hydrogen) atoms. The number of rotatable bonds is 4. The smallest absolute Gasteiger partial charge is 0.296 e. The van der Waals surface area contributed by atoms with Crippen LogP contribution in [0.5, 0.6) is 6.01 Å². The molecule has 2 heterocycles. The van der Waals surface area contributed by atoms with E-state index in [1.807, 2.05) is 6.07 Å². The zero-order chi connectivity index (χ0) is 12.4. The van der Waals surface area contributed by atoms with Crippen molar-refractivity contribution >= 4 is 11.2 Å². The first-order chi connectivity index (χ1) is 8.21. The Morgan fingerprint density at radius 3 is 2.65 bits per heavy atom. The summed E-state index contributed by atoms with van der Waals surface area (Å²) < 4.78 is 1.79. The third kappa shape index (κ3) is 1.98. The zero-order valence-electron chi connectivity index (χ0n) is 10.1. The number of aliphatic hydroxyl groups excluding tert-OH is 1. The Hall–Kier alpha value is -1.62. The van der Waals surface area contributed by atoms with Crippen molar-refractivity contribution in [2.75, 3.05) is 0 Å². The molecule has 0 saturated carbocycles. The molecule has 5 heteroatoms.